The van der Waals surface area contributed by atoms with E-state index in [1.54, 1.807) is 0 Å². The van der Waals surface area contributed by atoms with Crippen LogP contribution in [-0.4, -0.2) is 35.4 Å². The van der Waals surface area contributed by atoms with Crippen molar-refractivity contribution in [1.29, 1.82) is 0 Å². The van der Waals surface area contributed by atoms with Crippen molar-refractivity contribution in [3.05, 3.63) is 12.3 Å². The van der Waals surface area contributed by atoms with Crippen LogP contribution in [0.15, 0.2) is 12.3 Å². The second kappa shape index (κ2) is 7.46. The lowest BCUT2D eigenvalue weighted by Crippen LogP contribution is -2.05. The maximum absolute atomic E-state index is 10.7. The first-order chi connectivity index (χ1) is 6.57. The number of ether oxygens (including phenoxy) is 1. The molecule has 0 aliphatic heterocycles. The summed E-state index contributed by atoms with van der Waals surface area (Å²) in [6.45, 7) is 2.57. The fourth-order valence-electron chi connectivity index (χ4n) is 0.512. The monoisotopic (exact) mass is 222 g/mol. The molecule has 0 aromatic carbocycles. The van der Waals surface area contributed by atoms with Gasteiger partial charge < -0.3 is 19.8 Å². The van der Waals surface area contributed by atoms with Crippen molar-refractivity contribution in [2.45, 2.75) is 6.42 Å². The lowest BCUT2D eigenvalue weighted by molar-refractivity contribution is -0.177. The Morgan fingerprint density at radius 1 is 1.64 bits per heavy atom. The maximum atomic E-state index is 10.7. The van der Waals surface area contributed by atoms with Gasteiger partial charge in [0.25, 0.3) is 0 Å². The van der Waals surface area contributed by atoms with Crippen molar-refractivity contribution in [2.24, 2.45) is 0 Å². The average molecular weight is 222 g/mol. The van der Waals surface area contributed by atoms with Crippen molar-refractivity contribution in [3.8, 4) is 0 Å². The largest absolute Gasteiger partial charge is 0.603 e. The molecular weight excluding hydrogens is 211 g/mol. The van der Waals surface area contributed by atoms with E-state index >= 15 is 0 Å². The summed E-state index contributed by atoms with van der Waals surface area (Å²) < 4.78 is 8.97. The number of carboxylic acid groups (broad SMARTS) is 1. The summed E-state index contributed by atoms with van der Waals surface area (Å²) >= 11 is 0. The summed E-state index contributed by atoms with van der Waals surface area (Å²) in [6, 6.07) is 0. The van der Waals surface area contributed by atoms with Crippen LogP contribution in [0, 0.1) is 0 Å². The van der Waals surface area contributed by atoms with Gasteiger partial charge in [-0.05, 0) is 6.58 Å². The van der Waals surface area contributed by atoms with Crippen LogP contribution in [0.25, 0.3) is 0 Å². The Balaban J connectivity index is 3.60. The van der Waals surface area contributed by atoms with Gasteiger partial charge >= 0.3 is 5.97 Å². The number of hydrogen-bond donors (Lipinski definition) is 2. The lowest BCUT2D eigenvalue weighted by Gasteiger charge is -2.01. The topological polar surface area (TPSA) is 99.0 Å². The highest BCUT2D eigenvalue weighted by atomic mass is 31.1. The number of aliphatic carboxylic acids is 1. The molecule has 0 bridgehead atoms. The van der Waals surface area contributed by atoms with Crippen molar-refractivity contribution < 1.29 is 29.2 Å². The van der Waals surface area contributed by atoms with Gasteiger partial charge in [-0.15, -0.1) is 0 Å². The highest BCUT2D eigenvalue weighted by Crippen LogP contribution is 2.10. The van der Waals surface area contributed by atoms with Gasteiger partial charge in [-0.1, -0.05) is 0 Å². The molecule has 80 valence electrons. The Morgan fingerprint density at radius 2 is 2.29 bits per heavy atom. The molecule has 1 unspecified atom stereocenters. The number of carbonyl (C=O) groups is 1. The van der Waals surface area contributed by atoms with Crippen LogP contribution >= 0.6 is 8.00 Å². The summed E-state index contributed by atoms with van der Waals surface area (Å²) in [5, 5.41) is 16.5. The number of aliphatic hydroxyl groups excluding tert-OH is 1. The van der Waals surface area contributed by atoms with Crippen molar-refractivity contribution in [2.75, 3.05) is 13.4 Å². The molecule has 14 heavy (non-hydrogen) atoms. The first-order valence-electron chi connectivity index (χ1n) is 3.66. The van der Waals surface area contributed by atoms with Gasteiger partial charge in [0, 0.05) is 6.42 Å². The third-order valence-corrected chi connectivity index (χ3v) is 2.02. The molecule has 0 rings (SSSR count). The van der Waals surface area contributed by atoms with E-state index in [4.69, 9.17) is 10.2 Å². The first kappa shape index (κ1) is 13.1. The zero-order valence-corrected chi connectivity index (χ0v) is 8.27. The fraction of sp³-hybridized carbons (Fsp3) is 0.429. The SMILES string of the molecule is C=C(OCCC=[P+]([O-])OCO)C(=O)O. The molecule has 0 saturated carbocycles. The van der Waals surface area contributed by atoms with Gasteiger partial charge in [0.2, 0.25) is 8.00 Å². The Morgan fingerprint density at radius 3 is 2.79 bits per heavy atom. The molecule has 0 radical (unpaired) electrons. The summed E-state index contributed by atoms with van der Waals surface area (Å²) in [4.78, 5) is 20.9. The van der Waals surface area contributed by atoms with Crippen LogP contribution in [0.4, 0.5) is 0 Å². The van der Waals surface area contributed by atoms with Gasteiger partial charge in [0.15, 0.2) is 12.6 Å². The maximum Gasteiger partial charge on any atom is 0.370 e. The minimum absolute atomic E-state index is 0.0565. The quantitative estimate of drug-likeness (QED) is 0.197. The van der Waals surface area contributed by atoms with Gasteiger partial charge in [-0.25, -0.2) is 4.79 Å². The standard InChI is InChI=1S/C7H11O6P/c1-6(7(9)10)12-3-2-4-14(11)13-5-8/h4,8H,1-3,5H2,(H,9,10). The number of rotatable bonds is 7. The zero-order chi connectivity index (χ0) is 11.0. The molecule has 0 amide bonds. The van der Waals surface area contributed by atoms with Gasteiger partial charge in [0.05, 0.1) is 6.61 Å². The van der Waals surface area contributed by atoms with Crippen molar-refractivity contribution in [3.63, 3.8) is 0 Å². The Hall–Kier alpha value is -0.940. The summed E-state index contributed by atoms with van der Waals surface area (Å²) in [6.07, 6.45) is 0.251. The Bertz CT molecular complexity index is 236. The zero-order valence-electron chi connectivity index (χ0n) is 7.38. The predicted octanol–water partition coefficient (Wildman–Crippen LogP) is -0.568. The second-order valence-corrected chi connectivity index (χ2v) is 3.29. The summed E-state index contributed by atoms with van der Waals surface area (Å²) in [5.74, 6) is -0.321. The van der Waals surface area contributed by atoms with E-state index < -0.39 is 20.8 Å². The van der Waals surface area contributed by atoms with E-state index in [0.717, 1.165) is 0 Å². The molecular formula is C7H11O6P. The second-order valence-electron chi connectivity index (χ2n) is 2.09. The van der Waals surface area contributed by atoms with Gasteiger partial charge in [0.1, 0.15) is 5.80 Å². The van der Waals surface area contributed by atoms with E-state index in [1.807, 2.05) is 0 Å². The number of carboxylic acids is 1. The molecule has 0 saturated heterocycles. The molecule has 0 aliphatic carbocycles. The van der Waals surface area contributed by atoms with Crippen LogP contribution in [0.1, 0.15) is 6.42 Å². The molecule has 0 spiro atoms. The van der Waals surface area contributed by atoms with E-state index in [-0.39, 0.29) is 18.8 Å². The third-order valence-electron chi connectivity index (χ3n) is 1.10. The fourth-order valence-corrected chi connectivity index (χ4v) is 1.05. The third kappa shape index (κ3) is 6.56. The van der Waals surface area contributed by atoms with Crippen LogP contribution in [0.5, 0.6) is 0 Å². The normalized spacial score (nSPS) is 11.1. The molecule has 1 atom stereocenters. The Labute approximate surface area is 81.9 Å². The first-order valence-corrected chi connectivity index (χ1v) is 4.91. The molecule has 0 fully saturated rings. The predicted molar refractivity (Wildman–Crippen MR) is 48.5 cm³/mol. The molecule has 0 aromatic rings. The molecule has 0 aromatic heterocycles. The van der Waals surface area contributed by atoms with Crippen LogP contribution < -0.4 is 4.89 Å². The van der Waals surface area contributed by atoms with Gasteiger partial charge in [-0.3, -0.25) is 0 Å². The number of hydrogen-bond acceptors (Lipinski definition) is 5. The number of aliphatic hydroxyl groups is 1. The van der Waals surface area contributed by atoms with Crippen molar-refractivity contribution >= 4 is 19.8 Å². The average Bonchev–Trinajstić information content (AvgIpc) is 2.12. The molecule has 6 nitrogen and oxygen atoms in total. The summed E-state index contributed by atoms with van der Waals surface area (Å²) in [5.41, 5.74) is 0. The minimum Gasteiger partial charge on any atom is -0.603 e. The highest BCUT2D eigenvalue weighted by Gasteiger charge is 2.04. The Kier molecular flexibility index (Phi) is 6.96. The molecule has 0 aliphatic rings. The minimum atomic E-state index is -2.01. The smallest absolute Gasteiger partial charge is 0.370 e. The molecule has 7 heteroatoms. The van der Waals surface area contributed by atoms with Crippen LogP contribution in [-0.2, 0) is 14.1 Å². The highest BCUT2D eigenvalue weighted by molar-refractivity contribution is 7.44. The van der Waals surface area contributed by atoms with Crippen LogP contribution in [0.3, 0.4) is 0 Å². The van der Waals surface area contributed by atoms with E-state index in [2.05, 4.69) is 15.8 Å². The van der Waals surface area contributed by atoms with Crippen molar-refractivity contribution in [1.82, 2.24) is 0 Å². The molecule has 2 N–H and O–H groups in total. The van der Waals surface area contributed by atoms with E-state index in [9.17, 15) is 9.69 Å². The van der Waals surface area contributed by atoms with Crippen LogP contribution in [0.2, 0.25) is 0 Å². The van der Waals surface area contributed by atoms with E-state index in [0.29, 0.717) is 0 Å². The van der Waals surface area contributed by atoms with Gasteiger partial charge in [-0.2, -0.15) is 4.52 Å². The molecule has 0 heterocycles. The summed E-state index contributed by atoms with van der Waals surface area (Å²) in [7, 11) is -2.01. The lowest BCUT2D eigenvalue weighted by atomic mass is 10.5. The van der Waals surface area contributed by atoms with E-state index in [1.165, 1.54) is 5.80 Å².